The van der Waals surface area contributed by atoms with Crippen molar-refractivity contribution in [3.05, 3.63) is 23.1 Å². The molecule has 10 heteroatoms. The van der Waals surface area contributed by atoms with Crippen molar-refractivity contribution in [2.45, 2.75) is 28.8 Å². The molecule has 1 atom stereocenters. The van der Waals surface area contributed by atoms with E-state index in [0.717, 1.165) is 11.3 Å². The van der Waals surface area contributed by atoms with E-state index in [2.05, 4.69) is 5.32 Å². The van der Waals surface area contributed by atoms with Crippen molar-refractivity contribution in [2.24, 2.45) is 0 Å². The summed E-state index contributed by atoms with van der Waals surface area (Å²) in [5, 5.41) is 12.2. The lowest BCUT2D eigenvalue weighted by molar-refractivity contribution is -0.0613. The summed E-state index contributed by atoms with van der Waals surface area (Å²) in [5.74, 6) is -2.92. The molecule has 0 spiro atoms. The zero-order valence-corrected chi connectivity index (χ0v) is 15.2. The number of nitriles is 1. The van der Waals surface area contributed by atoms with Crippen molar-refractivity contribution in [3.8, 4) is 6.07 Å². The lowest BCUT2D eigenvalue weighted by Crippen LogP contribution is -2.53. The van der Waals surface area contributed by atoms with Crippen LogP contribution in [0.2, 0.25) is 0 Å². The summed E-state index contributed by atoms with van der Waals surface area (Å²) in [6.07, 6.45) is -0.291. The van der Waals surface area contributed by atoms with Gasteiger partial charge in [0.15, 0.2) is 0 Å². The summed E-state index contributed by atoms with van der Waals surface area (Å²) in [4.78, 5) is 1.51. The predicted octanol–water partition coefficient (Wildman–Crippen LogP) is 5.14. The smallest absolute Gasteiger partial charge is 0.374 e. The minimum absolute atomic E-state index is 0.0795. The summed E-state index contributed by atoms with van der Waals surface area (Å²) in [6, 6.07) is 5.14. The number of piperidine rings is 1. The molecule has 0 saturated carbocycles. The lowest BCUT2D eigenvalue weighted by Gasteiger charge is -2.37. The monoisotopic (exact) mass is 407 g/mol. The fourth-order valence-corrected chi connectivity index (χ4v) is 4.82. The van der Waals surface area contributed by atoms with Crippen LogP contribution in [-0.4, -0.2) is 42.5 Å². The summed E-state index contributed by atoms with van der Waals surface area (Å²) in [7, 11) is 1.74. The second kappa shape index (κ2) is 6.87. The Morgan fingerprint density at radius 3 is 2.77 bits per heavy atom. The van der Waals surface area contributed by atoms with E-state index in [4.69, 9.17) is 0 Å². The van der Waals surface area contributed by atoms with Gasteiger partial charge in [-0.15, -0.1) is 11.3 Å². The van der Waals surface area contributed by atoms with Gasteiger partial charge >= 0.3 is 5.51 Å². The number of benzene rings is 1. The van der Waals surface area contributed by atoms with Gasteiger partial charge in [0, 0.05) is 24.9 Å². The normalized spacial score (nSPS) is 20.9. The van der Waals surface area contributed by atoms with Crippen molar-refractivity contribution < 1.29 is 22.0 Å². The number of rotatable bonds is 3. The fourth-order valence-electron chi connectivity index (χ4n) is 2.89. The molecule has 3 nitrogen and oxygen atoms in total. The van der Waals surface area contributed by atoms with E-state index in [9.17, 15) is 27.2 Å². The minimum atomic E-state index is -4.54. The molecule has 1 fully saturated rings. The van der Waals surface area contributed by atoms with Crippen LogP contribution in [0.4, 0.5) is 27.6 Å². The van der Waals surface area contributed by atoms with E-state index < -0.39 is 17.5 Å². The van der Waals surface area contributed by atoms with Gasteiger partial charge in [0.2, 0.25) is 0 Å². The molecule has 2 aromatic rings. The second-order valence-corrected chi connectivity index (χ2v) is 8.17. The molecule has 0 unspecified atom stereocenters. The van der Waals surface area contributed by atoms with Crippen LogP contribution < -0.4 is 5.32 Å². The van der Waals surface area contributed by atoms with Crippen molar-refractivity contribution >= 4 is 38.9 Å². The van der Waals surface area contributed by atoms with Gasteiger partial charge < -0.3 is 10.2 Å². The van der Waals surface area contributed by atoms with E-state index in [1.165, 1.54) is 12.1 Å². The van der Waals surface area contributed by atoms with Gasteiger partial charge in [-0.3, -0.25) is 0 Å². The van der Waals surface area contributed by atoms with Gasteiger partial charge in [-0.05, 0) is 24.9 Å². The number of likely N-dealkylation sites (N-methyl/N-ethyl adjacent to an activating group) is 1. The molecule has 140 valence electrons. The Kier molecular flexibility index (Phi) is 5.07. The molecule has 0 aliphatic carbocycles. The largest absolute Gasteiger partial charge is 0.446 e. The van der Waals surface area contributed by atoms with Gasteiger partial charge in [-0.1, -0.05) is 12.1 Å². The standard InChI is InChI=1S/C16H14F5N3S2/c1-24-6-5-15(17,18)12(8-24)23-10-4-2-3-9-13(10)25-11(7-22)14(9)26-16(19,20)21/h2-4,12,23H,5-6,8H2,1H3/t12-/m1/s1. The third kappa shape index (κ3) is 3.89. The summed E-state index contributed by atoms with van der Waals surface area (Å²) in [5.41, 5.74) is -4.22. The molecule has 3 rings (SSSR count). The average molecular weight is 407 g/mol. The van der Waals surface area contributed by atoms with E-state index in [1.807, 2.05) is 0 Å². The number of fused-ring (bicyclic) bond motifs is 1. The molecule has 1 aromatic carbocycles. The molecule has 1 N–H and O–H groups in total. The van der Waals surface area contributed by atoms with E-state index in [1.54, 1.807) is 24.1 Å². The first-order chi connectivity index (χ1) is 12.1. The van der Waals surface area contributed by atoms with E-state index >= 15 is 0 Å². The Morgan fingerprint density at radius 1 is 1.38 bits per heavy atom. The summed E-state index contributed by atoms with van der Waals surface area (Å²) < 4.78 is 67.3. The molecule has 1 aromatic heterocycles. The number of thioether (sulfide) groups is 1. The number of alkyl halides is 5. The highest BCUT2D eigenvalue weighted by Crippen LogP contribution is 2.47. The first-order valence-corrected chi connectivity index (χ1v) is 9.28. The molecule has 0 radical (unpaired) electrons. The highest BCUT2D eigenvalue weighted by atomic mass is 32.2. The van der Waals surface area contributed by atoms with Crippen LogP contribution in [0.5, 0.6) is 0 Å². The lowest BCUT2D eigenvalue weighted by atomic mass is 10.0. The molecule has 0 amide bonds. The number of halogens is 5. The number of nitrogens with one attached hydrogen (secondary N) is 1. The summed E-state index contributed by atoms with van der Waals surface area (Å²) in [6.45, 7) is 0.392. The van der Waals surface area contributed by atoms with Gasteiger partial charge in [-0.2, -0.15) is 18.4 Å². The topological polar surface area (TPSA) is 39.1 Å². The maximum absolute atomic E-state index is 14.2. The molecular weight excluding hydrogens is 393 g/mol. The van der Waals surface area contributed by atoms with Crippen LogP contribution in [0.3, 0.4) is 0 Å². The maximum atomic E-state index is 14.2. The fraction of sp³-hybridized carbons (Fsp3) is 0.438. The zero-order chi connectivity index (χ0) is 19.1. The predicted molar refractivity (Wildman–Crippen MR) is 92.9 cm³/mol. The Morgan fingerprint density at radius 2 is 2.12 bits per heavy atom. The van der Waals surface area contributed by atoms with Crippen molar-refractivity contribution in [2.75, 3.05) is 25.5 Å². The van der Waals surface area contributed by atoms with E-state index in [0.29, 0.717) is 10.4 Å². The number of thiophene rings is 1. The quantitative estimate of drug-likeness (QED) is 0.565. The Hall–Kier alpha value is -1.57. The first-order valence-electron chi connectivity index (χ1n) is 7.65. The highest BCUT2D eigenvalue weighted by molar-refractivity contribution is 8.00. The van der Waals surface area contributed by atoms with Crippen LogP contribution in [0.15, 0.2) is 23.1 Å². The number of anilines is 1. The Balaban J connectivity index is 2.01. The molecule has 26 heavy (non-hydrogen) atoms. The third-order valence-electron chi connectivity index (χ3n) is 4.15. The number of hydrogen-bond acceptors (Lipinski definition) is 5. The van der Waals surface area contributed by atoms with Crippen molar-refractivity contribution in [1.29, 1.82) is 5.26 Å². The second-order valence-electron chi connectivity index (χ2n) is 6.07. The molecular formula is C16H14F5N3S2. The van der Waals surface area contributed by atoms with Crippen LogP contribution in [0.1, 0.15) is 11.3 Å². The molecule has 1 saturated heterocycles. The molecule has 1 aliphatic rings. The molecule has 2 heterocycles. The number of nitrogens with zero attached hydrogens (tertiary/aromatic N) is 2. The van der Waals surface area contributed by atoms with Crippen LogP contribution >= 0.6 is 23.1 Å². The SMILES string of the molecule is CN1CCC(F)(F)[C@H](Nc2cccc3c(SC(F)(F)F)c(C#N)sc23)C1. The highest BCUT2D eigenvalue weighted by Gasteiger charge is 2.43. The third-order valence-corrected chi connectivity index (χ3v) is 6.28. The van der Waals surface area contributed by atoms with Gasteiger partial charge in [0.25, 0.3) is 5.92 Å². The Bertz CT molecular complexity index is 856. The van der Waals surface area contributed by atoms with Crippen LogP contribution in [0.25, 0.3) is 10.1 Å². The molecule has 1 aliphatic heterocycles. The van der Waals surface area contributed by atoms with E-state index in [-0.39, 0.29) is 46.4 Å². The molecule has 0 bridgehead atoms. The zero-order valence-electron chi connectivity index (χ0n) is 13.5. The average Bonchev–Trinajstić information content (AvgIpc) is 2.88. The van der Waals surface area contributed by atoms with Gasteiger partial charge in [0.1, 0.15) is 17.0 Å². The number of hydrogen-bond donors (Lipinski definition) is 1. The van der Waals surface area contributed by atoms with Crippen LogP contribution in [-0.2, 0) is 0 Å². The van der Waals surface area contributed by atoms with Gasteiger partial charge in [0.05, 0.1) is 15.3 Å². The van der Waals surface area contributed by atoms with Gasteiger partial charge in [-0.25, -0.2) is 8.78 Å². The first kappa shape index (κ1) is 19.2. The number of likely N-dealkylation sites (tertiary alicyclic amines) is 1. The van der Waals surface area contributed by atoms with Crippen LogP contribution in [0, 0.1) is 11.3 Å². The van der Waals surface area contributed by atoms with Crippen molar-refractivity contribution in [1.82, 2.24) is 4.90 Å². The maximum Gasteiger partial charge on any atom is 0.446 e. The summed E-state index contributed by atoms with van der Waals surface area (Å²) >= 11 is 0.525. The Labute approximate surface area is 154 Å². The van der Waals surface area contributed by atoms with Crippen molar-refractivity contribution in [3.63, 3.8) is 0 Å². The minimum Gasteiger partial charge on any atom is -0.374 e.